The molecule has 104 valence electrons. The van der Waals surface area contributed by atoms with Crippen molar-refractivity contribution in [2.24, 2.45) is 0 Å². The fourth-order valence-electron chi connectivity index (χ4n) is 3.22. The molecule has 0 atom stereocenters. The fourth-order valence-corrected chi connectivity index (χ4v) is 16.8. The Labute approximate surface area is 111 Å². The average molecular weight is 275 g/mol. The Kier molecular flexibility index (Phi) is 5.26. The Bertz CT molecular complexity index is 221. The second-order valence-corrected chi connectivity index (χ2v) is 18.1. The highest BCUT2D eigenvalue weighted by Gasteiger charge is 2.36. The molecule has 0 amide bonds. The molecule has 2 nitrogen and oxygen atoms in total. The molecule has 0 radical (unpaired) electrons. The van der Waals surface area contributed by atoms with Crippen LogP contribution in [0.2, 0.25) is 31.9 Å². The SMILES string of the molecule is CC(C)(C)N[Si](C)(C)C[Si](C)(C)NC(C)(C)C. The molecule has 0 aliphatic heterocycles. The van der Waals surface area contributed by atoms with Crippen LogP contribution in [0.25, 0.3) is 0 Å². The van der Waals surface area contributed by atoms with Crippen LogP contribution in [-0.2, 0) is 0 Å². The summed E-state index contributed by atoms with van der Waals surface area (Å²) in [5.41, 5.74) is 1.85. The van der Waals surface area contributed by atoms with Crippen LogP contribution in [0.15, 0.2) is 0 Å². The van der Waals surface area contributed by atoms with E-state index in [2.05, 4.69) is 77.7 Å². The lowest BCUT2D eigenvalue weighted by atomic mass is 10.1. The Morgan fingerprint density at radius 2 is 0.882 bits per heavy atom. The van der Waals surface area contributed by atoms with Crippen LogP contribution < -0.4 is 9.96 Å². The molecule has 17 heavy (non-hydrogen) atoms. The van der Waals surface area contributed by atoms with Gasteiger partial charge in [-0.15, -0.1) is 0 Å². The first-order chi connectivity index (χ1) is 7.12. The van der Waals surface area contributed by atoms with Gasteiger partial charge in [0.1, 0.15) is 16.5 Å². The molecule has 0 heterocycles. The molecule has 0 spiro atoms. The van der Waals surface area contributed by atoms with E-state index in [1.165, 1.54) is 5.67 Å². The van der Waals surface area contributed by atoms with Crippen LogP contribution in [0.4, 0.5) is 0 Å². The minimum atomic E-state index is -1.32. The van der Waals surface area contributed by atoms with E-state index in [0.29, 0.717) is 0 Å². The molecular formula is C13H34N2Si2. The summed E-state index contributed by atoms with van der Waals surface area (Å²) in [5, 5.41) is 0. The molecule has 0 saturated carbocycles. The Morgan fingerprint density at radius 1 is 0.647 bits per heavy atom. The minimum Gasteiger partial charge on any atom is -0.333 e. The van der Waals surface area contributed by atoms with E-state index in [1.807, 2.05) is 0 Å². The van der Waals surface area contributed by atoms with E-state index in [0.717, 1.165) is 0 Å². The number of hydrogen-bond acceptors (Lipinski definition) is 2. The third kappa shape index (κ3) is 10.0. The van der Waals surface area contributed by atoms with Crippen LogP contribution in [0.3, 0.4) is 0 Å². The van der Waals surface area contributed by atoms with E-state index in [1.54, 1.807) is 0 Å². The predicted octanol–water partition coefficient (Wildman–Crippen LogP) is 3.71. The van der Waals surface area contributed by atoms with Gasteiger partial charge in [0.05, 0.1) is 0 Å². The second kappa shape index (κ2) is 5.15. The van der Waals surface area contributed by atoms with Gasteiger partial charge in [0, 0.05) is 11.1 Å². The smallest absolute Gasteiger partial charge is 0.118 e. The van der Waals surface area contributed by atoms with E-state index >= 15 is 0 Å². The highest BCUT2D eigenvalue weighted by atomic mass is 28.4. The molecule has 0 unspecified atom stereocenters. The largest absolute Gasteiger partial charge is 0.333 e. The van der Waals surface area contributed by atoms with E-state index < -0.39 is 16.5 Å². The van der Waals surface area contributed by atoms with Crippen LogP contribution in [0, 0.1) is 0 Å². The molecular weight excluding hydrogens is 240 g/mol. The van der Waals surface area contributed by atoms with Crippen molar-refractivity contribution in [2.45, 2.75) is 84.5 Å². The van der Waals surface area contributed by atoms with Crippen LogP contribution >= 0.6 is 0 Å². The van der Waals surface area contributed by atoms with Gasteiger partial charge >= 0.3 is 0 Å². The van der Waals surface area contributed by atoms with Gasteiger partial charge in [0.2, 0.25) is 0 Å². The van der Waals surface area contributed by atoms with E-state index in [4.69, 9.17) is 0 Å². The predicted molar refractivity (Wildman–Crippen MR) is 85.5 cm³/mol. The van der Waals surface area contributed by atoms with Gasteiger partial charge in [-0.05, 0) is 47.2 Å². The highest BCUT2D eigenvalue weighted by molar-refractivity contribution is 6.93. The number of nitrogens with one attached hydrogen (secondary N) is 2. The van der Waals surface area contributed by atoms with Crippen molar-refractivity contribution < 1.29 is 0 Å². The van der Waals surface area contributed by atoms with Crippen molar-refractivity contribution in [1.29, 1.82) is 0 Å². The maximum absolute atomic E-state index is 3.87. The molecule has 0 saturated heterocycles. The fraction of sp³-hybridized carbons (Fsp3) is 1.00. The molecule has 0 fully saturated rings. The van der Waals surface area contributed by atoms with Crippen molar-refractivity contribution >= 4 is 16.5 Å². The quantitative estimate of drug-likeness (QED) is 0.764. The first-order valence-electron chi connectivity index (χ1n) is 6.71. The molecule has 4 heteroatoms. The van der Waals surface area contributed by atoms with Crippen molar-refractivity contribution in [1.82, 2.24) is 9.96 Å². The lowest BCUT2D eigenvalue weighted by Gasteiger charge is -2.41. The summed E-state index contributed by atoms with van der Waals surface area (Å²) < 4.78 is 0. The zero-order chi connectivity index (χ0) is 14.1. The van der Waals surface area contributed by atoms with Gasteiger partial charge in [-0.1, -0.05) is 26.2 Å². The van der Waals surface area contributed by atoms with Gasteiger partial charge in [0.15, 0.2) is 0 Å². The molecule has 0 aromatic carbocycles. The first kappa shape index (κ1) is 17.4. The zero-order valence-corrected chi connectivity index (χ0v) is 15.7. The minimum absolute atomic E-state index is 0.238. The summed E-state index contributed by atoms with van der Waals surface area (Å²) in [6, 6.07) is 0. The van der Waals surface area contributed by atoms with Crippen molar-refractivity contribution in [2.75, 3.05) is 0 Å². The van der Waals surface area contributed by atoms with E-state index in [-0.39, 0.29) is 11.1 Å². The molecule has 0 rings (SSSR count). The Morgan fingerprint density at radius 3 is 1.06 bits per heavy atom. The van der Waals surface area contributed by atoms with Gasteiger partial charge < -0.3 is 9.96 Å². The maximum atomic E-state index is 3.87. The normalized spacial score (nSPS) is 15.2. The van der Waals surface area contributed by atoms with Crippen LogP contribution in [0.5, 0.6) is 0 Å². The van der Waals surface area contributed by atoms with Crippen LogP contribution in [-0.4, -0.2) is 27.5 Å². The van der Waals surface area contributed by atoms with Gasteiger partial charge in [-0.2, -0.15) is 0 Å². The summed E-state index contributed by atoms with van der Waals surface area (Å²) in [5.74, 6) is 0. The standard InChI is InChI=1S/C13H34N2Si2/c1-12(2,3)14-16(7,8)11-17(9,10)15-13(4,5)6/h14-15H,11H2,1-10H3. The third-order valence-electron chi connectivity index (χ3n) is 2.31. The van der Waals surface area contributed by atoms with E-state index in [9.17, 15) is 0 Å². The topological polar surface area (TPSA) is 24.1 Å². The van der Waals surface area contributed by atoms with Gasteiger partial charge in [-0.3, -0.25) is 0 Å². The summed E-state index contributed by atoms with van der Waals surface area (Å²) in [6.07, 6.45) is 0. The molecule has 0 aromatic rings. The van der Waals surface area contributed by atoms with Crippen LogP contribution in [0.1, 0.15) is 41.5 Å². The molecule has 0 aromatic heterocycles. The first-order valence-corrected chi connectivity index (χ1v) is 13.1. The second-order valence-electron chi connectivity index (χ2n) is 8.69. The Hall–Kier alpha value is 0.354. The lowest BCUT2D eigenvalue weighted by Crippen LogP contribution is -2.63. The molecule has 0 bridgehead atoms. The summed E-state index contributed by atoms with van der Waals surface area (Å²) in [4.78, 5) is 7.74. The summed E-state index contributed by atoms with van der Waals surface area (Å²) in [7, 11) is -2.65. The van der Waals surface area contributed by atoms with Crippen molar-refractivity contribution in [3.05, 3.63) is 0 Å². The molecule has 2 N–H and O–H groups in total. The summed E-state index contributed by atoms with van der Waals surface area (Å²) >= 11 is 0. The molecule has 0 aliphatic rings. The van der Waals surface area contributed by atoms with Crippen molar-refractivity contribution in [3.63, 3.8) is 0 Å². The Balaban J connectivity index is 4.59. The zero-order valence-electron chi connectivity index (χ0n) is 13.7. The third-order valence-corrected chi connectivity index (χ3v) is 12.2. The average Bonchev–Trinajstić information content (AvgIpc) is 1.65. The van der Waals surface area contributed by atoms with Gasteiger partial charge in [-0.25, -0.2) is 0 Å². The van der Waals surface area contributed by atoms with Crippen molar-refractivity contribution in [3.8, 4) is 0 Å². The summed E-state index contributed by atoms with van der Waals surface area (Å²) in [6.45, 7) is 23.5. The highest BCUT2D eigenvalue weighted by Crippen LogP contribution is 2.20. The number of rotatable bonds is 4. The van der Waals surface area contributed by atoms with Gasteiger partial charge in [0.25, 0.3) is 0 Å². The maximum Gasteiger partial charge on any atom is 0.118 e. The molecule has 0 aliphatic carbocycles. The monoisotopic (exact) mass is 274 g/mol. The number of hydrogen-bond donors (Lipinski definition) is 2. The lowest BCUT2D eigenvalue weighted by molar-refractivity contribution is 0.507.